The van der Waals surface area contributed by atoms with Gasteiger partial charge in [0.05, 0.1) is 27.6 Å². The van der Waals surface area contributed by atoms with Gasteiger partial charge in [-0.1, -0.05) is 30.1 Å². The summed E-state index contributed by atoms with van der Waals surface area (Å²) in [6.45, 7) is 1.61. The highest BCUT2D eigenvalue weighted by Crippen LogP contribution is 2.42. The second-order valence-electron chi connectivity index (χ2n) is 8.20. The fourth-order valence-corrected chi connectivity index (χ4v) is 6.16. The molecule has 0 saturated carbocycles. The Hall–Kier alpha value is -1.88. The lowest BCUT2D eigenvalue weighted by Gasteiger charge is -2.42. The number of benzene rings is 1. The summed E-state index contributed by atoms with van der Waals surface area (Å²) < 4.78 is 67.8. The quantitative estimate of drug-likeness (QED) is 0.544. The van der Waals surface area contributed by atoms with Crippen molar-refractivity contribution in [3.63, 3.8) is 0 Å². The number of carbonyl (C=O) groups excluding carboxylic acids is 1. The van der Waals surface area contributed by atoms with Crippen LogP contribution in [-0.2, 0) is 21.6 Å². The van der Waals surface area contributed by atoms with Gasteiger partial charge in [-0.3, -0.25) is 9.78 Å². The maximum absolute atomic E-state index is 13.8. The highest BCUT2D eigenvalue weighted by Gasteiger charge is 2.46. The van der Waals surface area contributed by atoms with Crippen molar-refractivity contribution in [3.8, 4) is 0 Å². The summed E-state index contributed by atoms with van der Waals surface area (Å²) in [5.74, 6) is -0.616. The van der Waals surface area contributed by atoms with Gasteiger partial charge in [-0.15, -0.1) is 0 Å². The van der Waals surface area contributed by atoms with Gasteiger partial charge in [0.15, 0.2) is 0 Å². The zero-order chi connectivity index (χ0) is 25.1. The number of carbonyl (C=O) groups is 1. The van der Waals surface area contributed by atoms with Gasteiger partial charge < -0.3 is 5.32 Å². The molecule has 6 nitrogen and oxygen atoms in total. The number of hydrogen-bond donors (Lipinski definition) is 1. The third-order valence-corrected chi connectivity index (χ3v) is 8.54. The molecule has 3 rings (SSSR count). The van der Waals surface area contributed by atoms with Crippen molar-refractivity contribution in [2.75, 3.05) is 25.4 Å². The highest BCUT2D eigenvalue weighted by molar-refractivity contribution is 7.89. The standard InChI is InChI=1S/C22H24Cl2F3N3O3S/c1-2-12-34(32,33)30-10-7-21(8-11-30,19-17(22(25,26)27)4-3-9-28-19)14-29-20(31)16-6-5-15(23)13-18(16)24/h3-6,9,13H,2,7-8,10-12,14H2,1H3,(H,29,31). The predicted octanol–water partition coefficient (Wildman–Crippen LogP) is 4.91. The molecule has 0 spiro atoms. The molecule has 12 heteroatoms. The first-order valence-corrected chi connectivity index (χ1v) is 13.0. The molecule has 186 valence electrons. The molecule has 1 amide bonds. The Morgan fingerprint density at radius 3 is 2.47 bits per heavy atom. The van der Waals surface area contributed by atoms with Crippen LogP contribution >= 0.6 is 23.2 Å². The van der Waals surface area contributed by atoms with Gasteiger partial charge in [0.1, 0.15) is 0 Å². The van der Waals surface area contributed by atoms with E-state index in [2.05, 4.69) is 10.3 Å². The van der Waals surface area contributed by atoms with Crippen LogP contribution in [0.4, 0.5) is 13.2 Å². The third-order valence-electron chi connectivity index (χ3n) is 5.91. The Balaban J connectivity index is 1.94. The molecule has 1 aromatic heterocycles. The van der Waals surface area contributed by atoms with Gasteiger partial charge in [0.2, 0.25) is 10.0 Å². The van der Waals surface area contributed by atoms with Crippen LogP contribution < -0.4 is 5.32 Å². The molecule has 0 radical (unpaired) electrons. The van der Waals surface area contributed by atoms with Gasteiger partial charge >= 0.3 is 6.18 Å². The van der Waals surface area contributed by atoms with Crippen molar-refractivity contribution in [2.24, 2.45) is 0 Å². The zero-order valence-electron chi connectivity index (χ0n) is 18.3. The number of nitrogens with one attached hydrogen (secondary N) is 1. The van der Waals surface area contributed by atoms with Crippen LogP contribution in [0.5, 0.6) is 0 Å². The highest BCUT2D eigenvalue weighted by atomic mass is 35.5. The molecular weight excluding hydrogens is 514 g/mol. The van der Waals surface area contributed by atoms with Crippen molar-refractivity contribution in [1.29, 1.82) is 0 Å². The average Bonchev–Trinajstić information content (AvgIpc) is 2.77. The molecule has 1 saturated heterocycles. The van der Waals surface area contributed by atoms with E-state index in [1.54, 1.807) is 6.92 Å². The SMILES string of the molecule is CCCS(=O)(=O)N1CCC(CNC(=O)c2ccc(Cl)cc2Cl)(c2ncccc2C(F)(F)F)CC1. The summed E-state index contributed by atoms with van der Waals surface area (Å²) in [4.78, 5) is 16.9. The first-order chi connectivity index (χ1) is 15.9. The number of piperidine rings is 1. The van der Waals surface area contributed by atoms with Crippen LogP contribution in [0.1, 0.15) is 47.8 Å². The normalized spacial score (nSPS) is 16.9. The molecule has 1 N–H and O–H groups in total. The van der Waals surface area contributed by atoms with E-state index in [1.165, 1.54) is 34.8 Å². The minimum atomic E-state index is -4.66. The lowest BCUT2D eigenvalue weighted by molar-refractivity contribution is -0.139. The van der Waals surface area contributed by atoms with Crippen molar-refractivity contribution >= 4 is 39.1 Å². The number of nitrogens with zero attached hydrogens (tertiary/aromatic N) is 2. The van der Waals surface area contributed by atoms with Crippen LogP contribution in [0.2, 0.25) is 10.0 Å². The zero-order valence-corrected chi connectivity index (χ0v) is 20.7. The minimum Gasteiger partial charge on any atom is -0.351 e. The summed E-state index contributed by atoms with van der Waals surface area (Å²) in [5, 5.41) is 3.12. The Morgan fingerprint density at radius 1 is 1.21 bits per heavy atom. The second kappa shape index (κ2) is 10.4. The van der Waals surface area contributed by atoms with Gasteiger partial charge in [0.25, 0.3) is 5.91 Å². The topological polar surface area (TPSA) is 79.4 Å². The summed E-state index contributed by atoms with van der Waals surface area (Å²) in [5.41, 5.74) is -2.21. The molecule has 0 aliphatic carbocycles. The summed E-state index contributed by atoms with van der Waals surface area (Å²) in [6.07, 6.45) is -2.84. The minimum absolute atomic E-state index is 0.0216. The Bertz CT molecular complexity index is 1150. The van der Waals surface area contributed by atoms with E-state index in [0.717, 1.165) is 6.07 Å². The van der Waals surface area contributed by atoms with Crippen molar-refractivity contribution in [2.45, 2.75) is 37.8 Å². The van der Waals surface area contributed by atoms with Crippen LogP contribution in [0.15, 0.2) is 36.5 Å². The predicted molar refractivity (Wildman–Crippen MR) is 125 cm³/mol. The van der Waals surface area contributed by atoms with Crippen molar-refractivity contribution in [3.05, 3.63) is 63.4 Å². The second-order valence-corrected chi connectivity index (χ2v) is 11.1. The van der Waals surface area contributed by atoms with Gasteiger partial charge in [-0.05, 0) is 49.6 Å². The number of sulfonamides is 1. The number of halogens is 5. The summed E-state index contributed by atoms with van der Waals surface area (Å²) in [7, 11) is -3.51. The molecule has 1 aliphatic rings. The molecular formula is C22H24Cl2F3N3O3S. The molecule has 1 aromatic carbocycles. The van der Waals surface area contributed by atoms with Crippen molar-refractivity contribution in [1.82, 2.24) is 14.6 Å². The van der Waals surface area contributed by atoms with E-state index in [0.29, 0.717) is 11.4 Å². The van der Waals surface area contributed by atoms with E-state index in [9.17, 15) is 26.4 Å². The van der Waals surface area contributed by atoms with E-state index < -0.39 is 33.1 Å². The molecule has 34 heavy (non-hydrogen) atoms. The Kier molecular flexibility index (Phi) is 8.17. The maximum Gasteiger partial charge on any atom is 0.418 e. The number of hydrogen-bond acceptors (Lipinski definition) is 4. The molecule has 0 bridgehead atoms. The largest absolute Gasteiger partial charge is 0.418 e. The average molecular weight is 538 g/mol. The van der Waals surface area contributed by atoms with E-state index in [4.69, 9.17) is 23.2 Å². The van der Waals surface area contributed by atoms with Crippen molar-refractivity contribution < 1.29 is 26.4 Å². The van der Waals surface area contributed by atoms with Crippen LogP contribution in [0.3, 0.4) is 0 Å². The third kappa shape index (κ3) is 5.84. The molecule has 0 unspecified atom stereocenters. The van der Waals surface area contributed by atoms with Gasteiger partial charge in [-0.2, -0.15) is 13.2 Å². The molecule has 2 aromatic rings. The first-order valence-electron chi connectivity index (χ1n) is 10.6. The number of rotatable bonds is 7. The Labute approximate surface area is 206 Å². The summed E-state index contributed by atoms with van der Waals surface area (Å²) >= 11 is 12.0. The molecule has 0 atom stereocenters. The summed E-state index contributed by atoms with van der Waals surface area (Å²) in [6, 6.07) is 6.45. The molecule has 2 heterocycles. The van der Waals surface area contributed by atoms with Gasteiger partial charge in [0, 0.05) is 36.3 Å². The van der Waals surface area contributed by atoms with E-state index in [1.807, 2.05) is 0 Å². The molecule has 1 aliphatic heterocycles. The van der Waals surface area contributed by atoms with Crippen LogP contribution in [-0.4, -0.2) is 49.0 Å². The van der Waals surface area contributed by atoms with Crippen LogP contribution in [0.25, 0.3) is 0 Å². The number of amides is 1. The Morgan fingerprint density at radius 2 is 1.88 bits per heavy atom. The monoisotopic (exact) mass is 537 g/mol. The number of alkyl halides is 3. The van der Waals surface area contributed by atoms with E-state index >= 15 is 0 Å². The first kappa shape index (κ1) is 26.7. The lowest BCUT2D eigenvalue weighted by Crippen LogP contribution is -2.51. The maximum atomic E-state index is 13.8. The lowest BCUT2D eigenvalue weighted by atomic mass is 9.74. The molecule has 1 fully saturated rings. The number of aromatic nitrogens is 1. The number of pyridine rings is 1. The van der Waals surface area contributed by atoms with Crippen LogP contribution in [0, 0.1) is 0 Å². The smallest absolute Gasteiger partial charge is 0.351 e. The fraction of sp³-hybridized carbons (Fsp3) is 0.455. The van der Waals surface area contributed by atoms with E-state index in [-0.39, 0.29) is 54.5 Å². The van der Waals surface area contributed by atoms with Gasteiger partial charge in [-0.25, -0.2) is 12.7 Å². The fourth-order valence-electron chi connectivity index (χ4n) is 4.15.